The van der Waals surface area contributed by atoms with Crippen LogP contribution in [0.2, 0.25) is 0 Å². The third-order valence-corrected chi connectivity index (χ3v) is 4.34. The Bertz CT molecular complexity index is 1030. The topological polar surface area (TPSA) is 81.7 Å². The highest BCUT2D eigenvalue weighted by molar-refractivity contribution is 5.98. The van der Waals surface area contributed by atoms with Gasteiger partial charge in [-0.05, 0) is 30.7 Å². The molecular formula is C24H21NO5. The summed E-state index contributed by atoms with van der Waals surface area (Å²) >= 11 is 0. The molecule has 0 unspecified atom stereocenters. The van der Waals surface area contributed by atoms with Gasteiger partial charge in [0.2, 0.25) is 0 Å². The summed E-state index contributed by atoms with van der Waals surface area (Å²) in [5.41, 5.74) is 2.76. The van der Waals surface area contributed by atoms with Crippen LogP contribution >= 0.6 is 0 Å². The summed E-state index contributed by atoms with van der Waals surface area (Å²) in [6.07, 6.45) is -0.382. The van der Waals surface area contributed by atoms with Crippen LogP contribution in [0.25, 0.3) is 11.1 Å². The molecule has 0 bridgehead atoms. The molecule has 3 rings (SSSR count). The Balaban J connectivity index is 1.59. The van der Waals surface area contributed by atoms with Gasteiger partial charge < -0.3 is 14.8 Å². The summed E-state index contributed by atoms with van der Waals surface area (Å²) in [7, 11) is 0. The van der Waals surface area contributed by atoms with E-state index in [2.05, 4.69) is 5.32 Å². The lowest BCUT2D eigenvalue weighted by Crippen LogP contribution is -2.31. The molecule has 0 heterocycles. The molecule has 0 aliphatic heterocycles. The second kappa shape index (κ2) is 10.0. The lowest BCUT2D eigenvalue weighted by Gasteiger charge is -2.16. The van der Waals surface area contributed by atoms with Crippen LogP contribution in [0.1, 0.15) is 17.3 Å². The maximum Gasteiger partial charge on any atom is 0.344 e. The maximum absolute atomic E-state index is 12.5. The number of anilines is 1. The van der Waals surface area contributed by atoms with Crippen LogP contribution in [0, 0.1) is 0 Å². The number of carbonyl (C=O) groups excluding carboxylic acids is 3. The largest absolute Gasteiger partial charge is 0.481 e. The smallest absolute Gasteiger partial charge is 0.344 e. The Hall–Kier alpha value is -3.93. The molecule has 0 aromatic heterocycles. The number of hydrogen-bond acceptors (Lipinski definition) is 5. The van der Waals surface area contributed by atoms with Gasteiger partial charge in [0.25, 0.3) is 5.91 Å². The molecule has 0 fully saturated rings. The molecular weight excluding hydrogens is 382 g/mol. The van der Waals surface area contributed by atoms with Gasteiger partial charge in [0.05, 0.1) is 5.56 Å². The number of rotatable bonds is 8. The maximum atomic E-state index is 12.5. The highest BCUT2D eigenvalue weighted by atomic mass is 16.6. The summed E-state index contributed by atoms with van der Waals surface area (Å²) < 4.78 is 10.5. The van der Waals surface area contributed by atoms with E-state index < -0.39 is 24.6 Å². The fourth-order valence-electron chi connectivity index (χ4n) is 2.83. The van der Waals surface area contributed by atoms with Gasteiger partial charge in [0, 0.05) is 11.3 Å². The zero-order valence-corrected chi connectivity index (χ0v) is 16.4. The molecule has 0 aliphatic carbocycles. The van der Waals surface area contributed by atoms with Crippen LogP contribution in [0.3, 0.4) is 0 Å². The van der Waals surface area contributed by atoms with Gasteiger partial charge in [-0.2, -0.15) is 0 Å². The van der Waals surface area contributed by atoms with Crippen molar-refractivity contribution in [3.63, 3.8) is 0 Å². The molecule has 0 spiro atoms. The molecule has 152 valence electrons. The summed E-state index contributed by atoms with van der Waals surface area (Å²) in [6.45, 7) is 1.07. The number of para-hydroxylation sites is 2. The highest BCUT2D eigenvalue weighted by Crippen LogP contribution is 2.27. The Morgan fingerprint density at radius 2 is 1.60 bits per heavy atom. The van der Waals surface area contributed by atoms with Crippen LogP contribution in [-0.2, 0) is 14.3 Å². The third kappa shape index (κ3) is 5.32. The van der Waals surface area contributed by atoms with E-state index in [-0.39, 0.29) is 5.75 Å². The molecule has 1 N–H and O–H groups in total. The molecule has 0 radical (unpaired) electrons. The summed E-state index contributed by atoms with van der Waals surface area (Å²) in [5, 5.41) is 2.80. The predicted molar refractivity (Wildman–Crippen MR) is 113 cm³/mol. The normalized spacial score (nSPS) is 11.2. The van der Waals surface area contributed by atoms with E-state index in [9.17, 15) is 14.4 Å². The van der Waals surface area contributed by atoms with Crippen molar-refractivity contribution in [1.29, 1.82) is 0 Å². The number of esters is 1. The van der Waals surface area contributed by atoms with Crippen molar-refractivity contribution in [1.82, 2.24) is 0 Å². The molecule has 0 saturated heterocycles. The van der Waals surface area contributed by atoms with Gasteiger partial charge in [-0.15, -0.1) is 0 Å². The SMILES string of the molecule is C[C@@H](OC(=O)COc1ccccc1C=O)C(=O)Nc1ccccc1-c1ccccc1. The first-order valence-electron chi connectivity index (χ1n) is 9.40. The number of hydrogen-bond donors (Lipinski definition) is 1. The van der Waals surface area contributed by atoms with E-state index in [4.69, 9.17) is 9.47 Å². The Morgan fingerprint density at radius 3 is 2.37 bits per heavy atom. The second-order valence-corrected chi connectivity index (χ2v) is 6.48. The molecule has 30 heavy (non-hydrogen) atoms. The van der Waals surface area contributed by atoms with E-state index in [1.165, 1.54) is 6.92 Å². The summed E-state index contributed by atoms with van der Waals surface area (Å²) in [4.78, 5) is 35.6. The summed E-state index contributed by atoms with van der Waals surface area (Å²) in [5.74, 6) is -0.895. The van der Waals surface area contributed by atoms with E-state index >= 15 is 0 Å². The predicted octanol–water partition coefficient (Wildman–Crippen LogP) is 4.12. The van der Waals surface area contributed by atoms with Crippen molar-refractivity contribution in [2.75, 3.05) is 11.9 Å². The number of benzene rings is 3. The van der Waals surface area contributed by atoms with E-state index in [0.717, 1.165) is 11.1 Å². The molecule has 1 atom stereocenters. The van der Waals surface area contributed by atoms with E-state index in [1.54, 1.807) is 30.3 Å². The minimum absolute atomic E-state index is 0.276. The van der Waals surface area contributed by atoms with Gasteiger partial charge in [0.15, 0.2) is 19.0 Å². The van der Waals surface area contributed by atoms with E-state index in [0.29, 0.717) is 17.5 Å². The van der Waals surface area contributed by atoms with Crippen LogP contribution < -0.4 is 10.1 Å². The number of amides is 1. The highest BCUT2D eigenvalue weighted by Gasteiger charge is 2.19. The standard InChI is InChI=1S/C24H21NO5/c1-17(30-23(27)16-29-22-14-8-5-11-19(22)15-26)24(28)25-21-13-7-6-12-20(21)18-9-3-2-4-10-18/h2-15,17H,16H2,1H3,(H,25,28)/t17-/m1/s1. The first-order valence-corrected chi connectivity index (χ1v) is 9.40. The minimum Gasteiger partial charge on any atom is -0.481 e. The van der Waals surface area contributed by atoms with Gasteiger partial charge in [-0.25, -0.2) is 4.79 Å². The Morgan fingerprint density at radius 1 is 0.933 bits per heavy atom. The molecule has 6 nitrogen and oxygen atoms in total. The van der Waals surface area contributed by atoms with Crippen molar-refractivity contribution in [2.45, 2.75) is 13.0 Å². The number of carbonyl (C=O) groups is 3. The average molecular weight is 403 g/mol. The van der Waals surface area contributed by atoms with Crippen molar-refractivity contribution in [2.24, 2.45) is 0 Å². The van der Waals surface area contributed by atoms with Gasteiger partial charge in [-0.3, -0.25) is 9.59 Å². The molecule has 6 heteroatoms. The van der Waals surface area contributed by atoms with Crippen LogP contribution in [-0.4, -0.2) is 30.9 Å². The molecule has 0 saturated carbocycles. The fourth-order valence-corrected chi connectivity index (χ4v) is 2.83. The molecule has 0 aliphatic rings. The van der Waals surface area contributed by atoms with Gasteiger partial charge in [0.1, 0.15) is 5.75 Å². The average Bonchev–Trinajstić information content (AvgIpc) is 2.78. The van der Waals surface area contributed by atoms with Crippen molar-refractivity contribution >= 4 is 23.9 Å². The van der Waals surface area contributed by atoms with Crippen LogP contribution in [0.4, 0.5) is 5.69 Å². The number of aldehydes is 1. The zero-order chi connectivity index (χ0) is 21.3. The number of ether oxygens (including phenoxy) is 2. The summed E-state index contributed by atoms with van der Waals surface area (Å²) in [6, 6.07) is 23.6. The lowest BCUT2D eigenvalue weighted by atomic mass is 10.0. The molecule has 3 aromatic rings. The first-order chi connectivity index (χ1) is 14.6. The first kappa shape index (κ1) is 20.8. The second-order valence-electron chi connectivity index (χ2n) is 6.48. The van der Waals surface area contributed by atoms with Gasteiger partial charge in [-0.1, -0.05) is 60.7 Å². The lowest BCUT2D eigenvalue weighted by molar-refractivity contribution is -0.155. The van der Waals surface area contributed by atoms with Crippen LogP contribution in [0.5, 0.6) is 5.75 Å². The van der Waals surface area contributed by atoms with E-state index in [1.807, 2.05) is 48.5 Å². The zero-order valence-electron chi connectivity index (χ0n) is 16.4. The third-order valence-electron chi connectivity index (χ3n) is 4.34. The van der Waals surface area contributed by atoms with Gasteiger partial charge >= 0.3 is 5.97 Å². The van der Waals surface area contributed by atoms with Crippen LogP contribution in [0.15, 0.2) is 78.9 Å². The minimum atomic E-state index is -1.02. The van der Waals surface area contributed by atoms with Crippen molar-refractivity contribution in [3.8, 4) is 16.9 Å². The Kier molecular flexibility index (Phi) is 6.95. The Labute approximate surface area is 174 Å². The molecule has 3 aromatic carbocycles. The van der Waals surface area contributed by atoms with Crippen molar-refractivity contribution < 1.29 is 23.9 Å². The quantitative estimate of drug-likeness (QED) is 0.452. The van der Waals surface area contributed by atoms with Crippen molar-refractivity contribution in [3.05, 3.63) is 84.4 Å². The number of nitrogens with one attached hydrogen (secondary N) is 1. The molecule has 1 amide bonds. The fraction of sp³-hybridized carbons (Fsp3) is 0.125. The monoisotopic (exact) mass is 403 g/mol.